The third-order valence-electron chi connectivity index (χ3n) is 6.62. The molecule has 1 fully saturated rings. The average Bonchev–Trinajstić information content (AvgIpc) is 3.28. The normalized spacial score (nSPS) is 15.5. The summed E-state index contributed by atoms with van der Waals surface area (Å²) in [5.74, 6) is 0.625. The fraction of sp³-hybridized carbons (Fsp3) is 0.320. The number of benzene rings is 1. The Morgan fingerprint density at radius 1 is 1.00 bits per heavy atom. The highest BCUT2D eigenvalue weighted by Crippen LogP contribution is 2.31. The highest BCUT2D eigenvalue weighted by Gasteiger charge is 2.26. The van der Waals surface area contributed by atoms with E-state index in [2.05, 4.69) is 14.9 Å². The molecule has 0 saturated carbocycles. The van der Waals surface area contributed by atoms with Crippen molar-refractivity contribution in [2.75, 3.05) is 50.1 Å². The van der Waals surface area contributed by atoms with Crippen molar-refractivity contribution in [3.8, 4) is 0 Å². The molecule has 1 saturated heterocycles. The van der Waals surface area contributed by atoms with E-state index >= 15 is 0 Å². The van der Waals surface area contributed by atoms with Crippen LogP contribution in [-0.4, -0.2) is 72.7 Å². The number of sulfonamides is 1. The zero-order valence-corrected chi connectivity index (χ0v) is 22.3. The molecule has 4 heterocycles. The van der Waals surface area contributed by atoms with Crippen molar-refractivity contribution in [2.45, 2.75) is 17.9 Å². The van der Waals surface area contributed by atoms with Crippen LogP contribution in [0.25, 0.3) is 11.0 Å². The van der Waals surface area contributed by atoms with Crippen molar-refractivity contribution >= 4 is 44.3 Å². The SMILES string of the molecule is CC(c1ccc(S(=O)(=O)N(C)C)cc1)n1nc(N2CCN(c3ncc(Cl)cc3F)CC2)c2ncccc21. The summed E-state index contributed by atoms with van der Waals surface area (Å²) in [6.45, 7) is 4.41. The summed E-state index contributed by atoms with van der Waals surface area (Å²) < 4.78 is 42.4. The van der Waals surface area contributed by atoms with Gasteiger partial charge in [0.15, 0.2) is 17.5 Å². The van der Waals surface area contributed by atoms with Gasteiger partial charge in [0.2, 0.25) is 10.0 Å². The molecule has 1 unspecified atom stereocenters. The van der Waals surface area contributed by atoms with E-state index in [1.54, 1.807) is 18.3 Å². The number of fused-ring (bicyclic) bond motifs is 1. The van der Waals surface area contributed by atoms with E-state index in [1.165, 1.54) is 30.7 Å². The summed E-state index contributed by atoms with van der Waals surface area (Å²) in [4.78, 5) is 13.1. The van der Waals surface area contributed by atoms with Gasteiger partial charge in [-0.1, -0.05) is 23.7 Å². The fourth-order valence-corrected chi connectivity index (χ4v) is 5.55. The van der Waals surface area contributed by atoms with Crippen molar-refractivity contribution in [3.05, 3.63) is 71.3 Å². The van der Waals surface area contributed by atoms with E-state index in [1.807, 2.05) is 40.8 Å². The van der Waals surface area contributed by atoms with Crippen molar-refractivity contribution in [1.29, 1.82) is 0 Å². The van der Waals surface area contributed by atoms with Crippen LogP contribution < -0.4 is 9.80 Å². The van der Waals surface area contributed by atoms with Gasteiger partial charge in [0.1, 0.15) is 5.52 Å². The Bertz CT molecular complexity index is 1530. The van der Waals surface area contributed by atoms with Crippen LogP contribution in [0.2, 0.25) is 5.02 Å². The number of pyridine rings is 2. The highest BCUT2D eigenvalue weighted by molar-refractivity contribution is 7.89. The van der Waals surface area contributed by atoms with Gasteiger partial charge in [-0.2, -0.15) is 5.10 Å². The fourth-order valence-electron chi connectivity index (χ4n) is 4.51. The lowest BCUT2D eigenvalue weighted by molar-refractivity contribution is 0.520. The van der Waals surface area contributed by atoms with Crippen LogP contribution in [0.4, 0.5) is 16.0 Å². The molecule has 0 aliphatic carbocycles. The first-order valence-electron chi connectivity index (χ1n) is 11.8. The first kappa shape index (κ1) is 25.4. The summed E-state index contributed by atoms with van der Waals surface area (Å²) >= 11 is 5.85. The number of piperazine rings is 1. The number of hydrogen-bond donors (Lipinski definition) is 0. The lowest BCUT2D eigenvalue weighted by Crippen LogP contribution is -2.47. The van der Waals surface area contributed by atoms with E-state index < -0.39 is 15.8 Å². The molecule has 1 aromatic carbocycles. The Hall–Kier alpha value is -3.28. The average molecular weight is 544 g/mol. The lowest BCUT2D eigenvalue weighted by atomic mass is 10.1. The third kappa shape index (κ3) is 4.74. The summed E-state index contributed by atoms with van der Waals surface area (Å²) in [5.41, 5.74) is 2.58. The van der Waals surface area contributed by atoms with Crippen LogP contribution >= 0.6 is 11.6 Å². The van der Waals surface area contributed by atoms with Crippen molar-refractivity contribution < 1.29 is 12.8 Å². The molecule has 0 N–H and O–H groups in total. The molecule has 0 bridgehead atoms. The summed E-state index contributed by atoms with van der Waals surface area (Å²) in [5, 5.41) is 5.21. The van der Waals surface area contributed by atoms with Crippen molar-refractivity contribution in [1.82, 2.24) is 24.1 Å². The second kappa shape index (κ2) is 9.88. The molecule has 0 amide bonds. The van der Waals surface area contributed by atoms with Crippen molar-refractivity contribution in [2.24, 2.45) is 0 Å². The van der Waals surface area contributed by atoms with Gasteiger partial charge in [-0.25, -0.2) is 22.1 Å². The first-order valence-corrected chi connectivity index (χ1v) is 13.7. The van der Waals surface area contributed by atoms with Crippen LogP contribution in [0, 0.1) is 5.82 Å². The summed E-state index contributed by atoms with van der Waals surface area (Å²) in [6.07, 6.45) is 3.20. The number of aromatic nitrogens is 4. The number of halogens is 2. The number of nitrogens with zero attached hydrogens (tertiary/aromatic N) is 7. The Morgan fingerprint density at radius 3 is 2.27 bits per heavy atom. The molecule has 1 atom stereocenters. The molecule has 1 aliphatic rings. The largest absolute Gasteiger partial charge is 0.351 e. The Morgan fingerprint density at radius 2 is 1.65 bits per heavy atom. The molecule has 1 aliphatic heterocycles. The van der Waals surface area contributed by atoms with Gasteiger partial charge in [0.25, 0.3) is 0 Å². The molecule has 0 spiro atoms. The highest BCUT2D eigenvalue weighted by atomic mass is 35.5. The first-order chi connectivity index (χ1) is 17.7. The van der Waals surface area contributed by atoms with Gasteiger partial charge in [-0.15, -0.1) is 0 Å². The molecule has 3 aromatic heterocycles. The zero-order chi connectivity index (χ0) is 26.3. The molecule has 4 aromatic rings. The molecular weight excluding hydrogens is 517 g/mol. The Labute approximate surface area is 220 Å². The van der Waals surface area contributed by atoms with E-state index in [0.717, 1.165) is 22.4 Å². The van der Waals surface area contributed by atoms with Crippen molar-refractivity contribution in [3.63, 3.8) is 0 Å². The molecule has 37 heavy (non-hydrogen) atoms. The van der Waals surface area contributed by atoms with E-state index in [-0.39, 0.29) is 16.0 Å². The molecule has 9 nitrogen and oxygen atoms in total. The minimum Gasteiger partial charge on any atom is -0.351 e. The van der Waals surface area contributed by atoms with Crippen LogP contribution in [0.15, 0.2) is 59.8 Å². The standard InChI is InChI=1S/C25H27ClFN7O2S/c1-17(18-6-8-20(9-7-18)37(35,36)31(2)3)34-22-5-4-10-28-23(22)25(30-34)33-13-11-32(12-14-33)24-21(27)15-19(26)16-29-24/h4-10,15-17H,11-14H2,1-3H3. The van der Waals surface area contributed by atoms with Gasteiger partial charge in [0, 0.05) is 52.7 Å². The molecule has 12 heteroatoms. The lowest BCUT2D eigenvalue weighted by Gasteiger charge is -2.35. The third-order valence-corrected chi connectivity index (χ3v) is 8.66. The van der Waals surface area contributed by atoms with Gasteiger partial charge >= 0.3 is 0 Å². The molecule has 194 valence electrons. The van der Waals surface area contributed by atoms with Crippen LogP contribution in [0.5, 0.6) is 0 Å². The minimum absolute atomic E-state index is 0.162. The van der Waals surface area contributed by atoms with Gasteiger partial charge in [0.05, 0.1) is 21.5 Å². The second-order valence-corrected chi connectivity index (χ2v) is 11.7. The van der Waals surface area contributed by atoms with E-state index in [9.17, 15) is 12.8 Å². The molecule has 0 radical (unpaired) electrons. The quantitative estimate of drug-likeness (QED) is 0.365. The number of rotatable bonds is 6. The van der Waals surface area contributed by atoms with Crippen LogP contribution in [-0.2, 0) is 10.0 Å². The zero-order valence-electron chi connectivity index (χ0n) is 20.7. The van der Waals surface area contributed by atoms with Crippen LogP contribution in [0.3, 0.4) is 0 Å². The number of hydrogen-bond acceptors (Lipinski definition) is 7. The topological polar surface area (TPSA) is 87.5 Å². The maximum Gasteiger partial charge on any atom is 0.242 e. The minimum atomic E-state index is -3.50. The molecule has 5 rings (SSSR count). The Kier molecular flexibility index (Phi) is 6.78. The smallest absolute Gasteiger partial charge is 0.242 e. The van der Waals surface area contributed by atoms with Crippen LogP contribution in [0.1, 0.15) is 18.5 Å². The maximum atomic E-state index is 14.4. The monoisotopic (exact) mass is 543 g/mol. The van der Waals surface area contributed by atoms with Gasteiger partial charge in [-0.05, 0) is 42.8 Å². The predicted octanol–water partition coefficient (Wildman–Crippen LogP) is 3.81. The van der Waals surface area contributed by atoms with Gasteiger partial charge in [-0.3, -0.25) is 9.67 Å². The Balaban J connectivity index is 1.41. The predicted molar refractivity (Wildman–Crippen MR) is 142 cm³/mol. The summed E-state index contributed by atoms with van der Waals surface area (Å²) in [6, 6.07) is 11.8. The molecular formula is C25H27ClFN7O2S. The van der Waals surface area contributed by atoms with E-state index in [0.29, 0.717) is 32.0 Å². The maximum absolute atomic E-state index is 14.4. The van der Waals surface area contributed by atoms with E-state index in [4.69, 9.17) is 16.7 Å². The second-order valence-electron chi connectivity index (χ2n) is 9.10. The van der Waals surface area contributed by atoms with Gasteiger partial charge < -0.3 is 9.80 Å². The summed E-state index contributed by atoms with van der Waals surface area (Å²) in [7, 11) is -0.478. The number of anilines is 2.